The molecule has 1 aromatic carbocycles. The summed E-state index contributed by atoms with van der Waals surface area (Å²) in [6.45, 7) is 6.07. The zero-order valence-electron chi connectivity index (χ0n) is 12.0. The first-order valence-corrected chi connectivity index (χ1v) is 9.43. The van der Waals surface area contributed by atoms with Gasteiger partial charge >= 0.3 is 0 Å². The van der Waals surface area contributed by atoms with E-state index in [9.17, 15) is 8.42 Å². The largest absolute Gasteiger partial charge is 0.326 e. The van der Waals surface area contributed by atoms with Crippen molar-refractivity contribution in [3.05, 3.63) is 44.2 Å². The van der Waals surface area contributed by atoms with Crippen LogP contribution in [0.5, 0.6) is 0 Å². The summed E-state index contributed by atoms with van der Waals surface area (Å²) in [5.74, 6) is 0. The van der Waals surface area contributed by atoms with Crippen LogP contribution in [0.25, 0.3) is 0 Å². The van der Waals surface area contributed by atoms with E-state index >= 15 is 0 Å². The van der Waals surface area contributed by atoms with Crippen LogP contribution in [0.15, 0.2) is 26.9 Å². The molecule has 0 aliphatic heterocycles. The van der Waals surface area contributed by atoms with Crippen LogP contribution in [-0.2, 0) is 16.6 Å². The molecule has 0 saturated carbocycles. The summed E-state index contributed by atoms with van der Waals surface area (Å²) < 4.78 is 28.8. The normalized spacial score (nSPS) is 11.7. The predicted molar refractivity (Wildman–Crippen MR) is 91.4 cm³/mol. The van der Waals surface area contributed by atoms with Crippen LogP contribution in [0.3, 0.4) is 0 Å². The molecule has 0 amide bonds. The first kappa shape index (κ1) is 16.5. The zero-order chi connectivity index (χ0) is 15.8. The maximum absolute atomic E-state index is 12.4. The lowest BCUT2D eigenvalue weighted by Crippen LogP contribution is -2.11. The van der Waals surface area contributed by atoms with Crippen LogP contribution >= 0.6 is 27.3 Å². The van der Waals surface area contributed by atoms with Crippen molar-refractivity contribution in [2.45, 2.75) is 31.5 Å². The number of sulfonamides is 1. The molecule has 1 heterocycles. The molecule has 0 saturated heterocycles. The van der Waals surface area contributed by atoms with Gasteiger partial charge in [-0.05, 0) is 55.7 Å². The van der Waals surface area contributed by atoms with Gasteiger partial charge in [0.05, 0.1) is 0 Å². The zero-order valence-corrected chi connectivity index (χ0v) is 15.2. The van der Waals surface area contributed by atoms with E-state index in [1.54, 1.807) is 18.2 Å². The van der Waals surface area contributed by atoms with Crippen molar-refractivity contribution >= 4 is 43.0 Å². The van der Waals surface area contributed by atoms with E-state index in [2.05, 4.69) is 20.7 Å². The summed E-state index contributed by atoms with van der Waals surface area (Å²) >= 11 is 4.68. The molecular weight excluding hydrogens is 372 g/mol. The van der Waals surface area contributed by atoms with Crippen molar-refractivity contribution in [1.29, 1.82) is 0 Å². The molecule has 3 N–H and O–H groups in total. The first-order valence-electron chi connectivity index (χ1n) is 6.33. The van der Waals surface area contributed by atoms with Crippen molar-refractivity contribution < 1.29 is 8.42 Å². The van der Waals surface area contributed by atoms with E-state index < -0.39 is 10.0 Å². The maximum atomic E-state index is 12.4. The van der Waals surface area contributed by atoms with Crippen LogP contribution in [0.2, 0.25) is 0 Å². The monoisotopic (exact) mass is 388 g/mol. The molecular formula is C14H17BrN2O2S2. The smallest absolute Gasteiger partial charge is 0.271 e. The molecule has 1 aromatic heterocycles. The van der Waals surface area contributed by atoms with Crippen LogP contribution in [0.4, 0.5) is 5.69 Å². The predicted octanol–water partition coefficient (Wildman–Crippen LogP) is 3.70. The number of nitrogens with two attached hydrogens (primary N) is 1. The summed E-state index contributed by atoms with van der Waals surface area (Å²) in [6, 6.07) is 5.27. The van der Waals surface area contributed by atoms with E-state index in [1.165, 1.54) is 11.3 Å². The van der Waals surface area contributed by atoms with Gasteiger partial charge in [0.2, 0.25) is 0 Å². The lowest BCUT2D eigenvalue weighted by molar-refractivity contribution is 0.603. The van der Waals surface area contributed by atoms with E-state index in [1.807, 2.05) is 20.8 Å². The van der Waals surface area contributed by atoms with E-state index in [-0.39, 0.29) is 0 Å². The molecule has 0 spiro atoms. The molecule has 21 heavy (non-hydrogen) atoms. The van der Waals surface area contributed by atoms with Gasteiger partial charge in [-0.2, -0.15) is 0 Å². The Bertz CT molecular complexity index is 759. The van der Waals surface area contributed by atoms with Crippen LogP contribution in [-0.4, -0.2) is 8.42 Å². The Hall–Kier alpha value is -0.890. The third kappa shape index (κ3) is 3.48. The fourth-order valence-electron chi connectivity index (χ4n) is 2.03. The third-order valence-corrected chi connectivity index (χ3v) is 7.50. The Morgan fingerprint density at radius 1 is 1.14 bits per heavy atom. The van der Waals surface area contributed by atoms with Gasteiger partial charge in [0, 0.05) is 21.6 Å². The highest BCUT2D eigenvalue weighted by molar-refractivity contribution is 9.10. The highest BCUT2D eigenvalue weighted by Crippen LogP contribution is 2.29. The Balaban J connectivity index is 2.37. The highest BCUT2D eigenvalue weighted by atomic mass is 79.9. The van der Waals surface area contributed by atoms with Crippen molar-refractivity contribution in [1.82, 2.24) is 0 Å². The van der Waals surface area contributed by atoms with E-state index in [4.69, 9.17) is 5.73 Å². The molecule has 0 atom stereocenters. The minimum atomic E-state index is -3.57. The van der Waals surface area contributed by atoms with Crippen LogP contribution < -0.4 is 10.5 Å². The Morgan fingerprint density at radius 3 is 2.19 bits per heavy atom. The molecule has 0 radical (unpaired) electrons. The molecule has 0 unspecified atom stereocenters. The highest BCUT2D eigenvalue weighted by Gasteiger charge is 2.19. The van der Waals surface area contributed by atoms with Crippen LogP contribution in [0.1, 0.15) is 21.6 Å². The van der Waals surface area contributed by atoms with Crippen LogP contribution in [0, 0.1) is 20.8 Å². The summed E-state index contributed by atoms with van der Waals surface area (Å²) in [4.78, 5) is 0.888. The molecule has 0 fully saturated rings. The SMILES string of the molecule is Cc1cc(S(=O)(=O)Nc2cc(C)c(Br)c(C)c2)sc1CN. The summed E-state index contributed by atoms with van der Waals surface area (Å²) in [6.07, 6.45) is 0. The first-order chi connectivity index (χ1) is 9.74. The second-order valence-corrected chi connectivity index (χ2v) is 8.74. The molecule has 0 aliphatic rings. The van der Waals surface area contributed by atoms with Crippen molar-refractivity contribution in [2.75, 3.05) is 4.72 Å². The average Bonchev–Trinajstić information content (AvgIpc) is 2.77. The summed E-state index contributed by atoms with van der Waals surface area (Å²) in [7, 11) is -3.57. The average molecular weight is 389 g/mol. The lowest BCUT2D eigenvalue weighted by Gasteiger charge is -2.10. The number of halogens is 1. The lowest BCUT2D eigenvalue weighted by atomic mass is 10.1. The molecule has 0 bridgehead atoms. The standard InChI is InChI=1S/C14H17BrN2O2S2/c1-8-6-13(20-12(8)7-16)21(18,19)17-11-4-9(2)14(15)10(3)5-11/h4-6,17H,7,16H2,1-3H3. The molecule has 2 rings (SSSR count). The third-order valence-electron chi connectivity index (χ3n) is 3.14. The van der Waals surface area contributed by atoms with E-state index in [0.29, 0.717) is 16.4 Å². The van der Waals surface area contributed by atoms with Gasteiger partial charge in [-0.3, -0.25) is 4.72 Å². The topological polar surface area (TPSA) is 72.2 Å². The Labute approximate surface area is 137 Å². The van der Waals surface area contributed by atoms with Crippen molar-refractivity contribution in [2.24, 2.45) is 5.73 Å². The van der Waals surface area contributed by atoms with E-state index in [0.717, 1.165) is 26.0 Å². The number of anilines is 1. The van der Waals surface area contributed by atoms with Gasteiger partial charge in [-0.1, -0.05) is 15.9 Å². The Kier molecular flexibility index (Phi) is 4.77. The van der Waals surface area contributed by atoms with Crippen molar-refractivity contribution in [3.8, 4) is 0 Å². The number of benzene rings is 1. The maximum Gasteiger partial charge on any atom is 0.271 e. The minimum absolute atomic E-state index is 0.290. The molecule has 2 aromatic rings. The van der Waals surface area contributed by atoms with Crippen molar-refractivity contribution in [3.63, 3.8) is 0 Å². The number of rotatable bonds is 4. The molecule has 114 valence electrons. The Morgan fingerprint density at radius 2 is 1.71 bits per heavy atom. The summed E-state index contributed by atoms with van der Waals surface area (Å²) in [5, 5.41) is 0. The molecule has 0 aliphatic carbocycles. The van der Waals surface area contributed by atoms with Gasteiger partial charge in [0.25, 0.3) is 10.0 Å². The fraction of sp³-hybridized carbons (Fsp3) is 0.286. The second kappa shape index (κ2) is 6.08. The number of thiophene rings is 1. The quantitative estimate of drug-likeness (QED) is 0.838. The molecule has 7 heteroatoms. The summed E-state index contributed by atoms with van der Waals surface area (Å²) in [5.41, 5.74) is 9.05. The van der Waals surface area contributed by atoms with Gasteiger partial charge in [-0.25, -0.2) is 8.42 Å². The van der Waals surface area contributed by atoms with Gasteiger partial charge in [0.15, 0.2) is 0 Å². The van der Waals surface area contributed by atoms with Gasteiger partial charge in [-0.15, -0.1) is 11.3 Å². The second-order valence-electron chi connectivity index (χ2n) is 4.91. The number of hydrogen-bond donors (Lipinski definition) is 2. The minimum Gasteiger partial charge on any atom is -0.326 e. The number of nitrogens with one attached hydrogen (secondary N) is 1. The van der Waals surface area contributed by atoms with Gasteiger partial charge in [0.1, 0.15) is 4.21 Å². The number of aryl methyl sites for hydroxylation is 3. The fourth-order valence-corrected chi connectivity index (χ4v) is 4.77. The number of hydrogen-bond acceptors (Lipinski definition) is 4. The molecule has 4 nitrogen and oxygen atoms in total. The van der Waals surface area contributed by atoms with Gasteiger partial charge < -0.3 is 5.73 Å².